The van der Waals surface area contributed by atoms with Crippen LogP contribution in [0.2, 0.25) is 0 Å². The maximum Gasteiger partial charge on any atom is 0.239 e. The second-order valence-electron chi connectivity index (χ2n) is 10.0. The number of aromatic nitrogens is 2. The zero-order valence-corrected chi connectivity index (χ0v) is 21.0. The molecule has 2 heterocycles. The topological polar surface area (TPSA) is 87.5 Å². The Morgan fingerprint density at radius 2 is 1.91 bits per heavy atom. The lowest BCUT2D eigenvalue weighted by molar-refractivity contribution is -0.126. The van der Waals surface area contributed by atoms with Crippen molar-refractivity contribution in [2.45, 2.75) is 46.2 Å². The van der Waals surface area contributed by atoms with E-state index >= 15 is 0 Å². The molecule has 1 saturated heterocycles. The second kappa shape index (κ2) is 10.8. The van der Waals surface area contributed by atoms with Gasteiger partial charge in [0.1, 0.15) is 6.04 Å². The Labute approximate surface area is 198 Å². The van der Waals surface area contributed by atoms with Crippen LogP contribution in [0.15, 0.2) is 42.9 Å². The lowest BCUT2D eigenvalue weighted by Gasteiger charge is -2.39. The predicted octanol–water partition coefficient (Wildman–Crippen LogP) is 1.97. The number of amides is 1. The molecule has 1 fully saturated rings. The van der Waals surface area contributed by atoms with Crippen molar-refractivity contribution >= 4 is 15.9 Å². The molecule has 0 spiro atoms. The van der Waals surface area contributed by atoms with Crippen LogP contribution in [0.4, 0.5) is 0 Å². The Bertz CT molecular complexity index is 1010. The average molecular weight is 476 g/mol. The number of carbonyl (C=O) groups excluding carboxylic acids is 1. The number of nitrogens with zero attached hydrogens (tertiary/aromatic N) is 4. The summed E-state index contributed by atoms with van der Waals surface area (Å²) in [6, 6.07) is 9.44. The summed E-state index contributed by atoms with van der Waals surface area (Å²) in [7, 11) is -3.46. The smallest absolute Gasteiger partial charge is 0.239 e. The zero-order valence-electron chi connectivity index (χ0n) is 20.2. The van der Waals surface area contributed by atoms with Gasteiger partial charge in [-0.2, -0.15) is 4.31 Å². The predicted molar refractivity (Wildman–Crippen MR) is 130 cm³/mol. The van der Waals surface area contributed by atoms with Crippen molar-refractivity contribution in [2.75, 3.05) is 39.0 Å². The van der Waals surface area contributed by atoms with Gasteiger partial charge in [0.2, 0.25) is 15.9 Å². The number of nitrogens with one attached hydrogen (secondary N) is 1. The van der Waals surface area contributed by atoms with Crippen molar-refractivity contribution < 1.29 is 13.2 Å². The van der Waals surface area contributed by atoms with Gasteiger partial charge < -0.3 is 9.88 Å². The molecular weight excluding hydrogens is 438 g/mol. The SMILES string of the molecule is CC(C)(C)CCN1CCN(S(C)(=O)=O)C(C(=O)NCCc2cncn2Cc2ccccc2)C1. The van der Waals surface area contributed by atoms with Gasteiger partial charge in [-0.3, -0.25) is 9.69 Å². The summed E-state index contributed by atoms with van der Waals surface area (Å²) in [5, 5.41) is 2.96. The number of imidazole rings is 1. The van der Waals surface area contributed by atoms with Gasteiger partial charge in [0.25, 0.3) is 0 Å². The minimum Gasteiger partial charge on any atom is -0.354 e. The highest BCUT2D eigenvalue weighted by Crippen LogP contribution is 2.21. The van der Waals surface area contributed by atoms with E-state index in [1.165, 1.54) is 16.1 Å². The van der Waals surface area contributed by atoms with Crippen molar-refractivity contribution in [3.8, 4) is 0 Å². The maximum atomic E-state index is 13.0. The third-order valence-corrected chi connectivity index (χ3v) is 7.29. The quantitative estimate of drug-likeness (QED) is 0.599. The molecule has 182 valence electrons. The van der Waals surface area contributed by atoms with Crippen LogP contribution in [0.25, 0.3) is 0 Å². The summed E-state index contributed by atoms with van der Waals surface area (Å²) < 4.78 is 28.1. The fraction of sp³-hybridized carbons (Fsp3) is 0.583. The van der Waals surface area contributed by atoms with Crippen molar-refractivity contribution in [3.63, 3.8) is 0 Å². The summed E-state index contributed by atoms with van der Waals surface area (Å²) in [5.41, 5.74) is 2.39. The maximum absolute atomic E-state index is 13.0. The first-order chi connectivity index (χ1) is 15.5. The molecule has 3 rings (SSSR count). The van der Waals surface area contributed by atoms with E-state index in [9.17, 15) is 13.2 Å². The van der Waals surface area contributed by atoms with E-state index < -0.39 is 16.1 Å². The fourth-order valence-electron chi connectivity index (χ4n) is 4.04. The fourth-order valence-corrected chi connectivity index (χ4v) is 5.08. The molecule has 1 aromatic carbocycles. The Morgan fingerprint density at radius 3 is 2.58 bits per heavy atom. The molecule has 1 aliphatic heterocycles. The van der Waals surface area contributed by atoms with Gasteiger partial charge in [-0.1, -0.05) is 51.1 Å². The Morgan fingerprint density at radius 1 is 1.18 bits per heavy atom. The highest BCUT2D eigenvalue weighted by molar-refractivity contribution is 7.88. The zero-order chi connectivity index (χ0) is 24.1. The molecule has 0 radical (unpaired) electrons. The molecule has 0 bridgehead atoms. The molecule has 0 saturated carbocycles. The van der Waals surface area contributed by atoms with Crippen LogP contribution in [0, 0.1) is 5.41 Å². The average Bonchev–Trinajstić information content (AvgIpc) is 3.18. The van der Waals surface area contributed by atoms with Crippen molar-refractivity contribution in [1.82, 2.24) is 24.1 Å². The van der Waals surface area contributed by atoms with Gasteiger partial charge in [-0.05, 0) is 23.9 Å². The molecule has 1 atom stereocenters. The third kappa shape index (κ3) is 7.65. The molecule has 2 aromatic rings. The molecule has 1 amide bonds. The van der Waals surface area contributed by atoms with Gasteiger partial charge in [-0.15, -0.1) is 0 Å². The Hall–Kier alpha value is -2.23. The summed E-state index contributed by atoms with van der Waals surface area (Å²) in [5.74, 6) is -0.241. The molecule has 33 heavy (non-hydrogen) atoms. The van der Waals surface area contributed by atoms with Crippen LogP contribution in [-0.2, 0) is 27.8 Å². The highest BCUT2D eigenvalue weighted by atomic mass is 32.2. The first kappa shape index (κ1) is 25.4. The van der Waals surface area contributed by atoms with Crippen molar-refractivity contribution in [2.24, 2.45) is 5.41 Å². The lowest BCUT2D eigenvalue weighted by Crippen LogP contribution is -2.60. The molecule has 1 aliphatic rings. The van der Waals surface area contributed by atoms with Crippen LogP contribution in [0.1, 0.15) is 38.4 Å². The van der Waals surface area contributed by atoms with E-state index in [0.29, 0.717) is 32.6 Å². The molecule has 1 N–H and O–H groups in total. The van der Waals surface area contributed by atoms with Crippen LogP contribution >= 0.6 is 0 Å². The van der Waals surface area contributed by atoms with E-state index in [2.05, 4.69) is 52.7 Å². The van der Waals surface area contributed by atoms with Gasteiger partial charge >= 0.3 is 0 Å². The number of rotatable bonds is 9. The Balaban J connectivity index is 1.58. The number of hydrogen-bond donors (Lipinski definition) is 1. The van der Waals surface area contributed by atoms with Crippen LogP contribution in [0.5, 0.6) is 0 Å². The number of carbonyl (C=O) groups is 1. The second-order valence-corrected chi connectivity index (χ2v) is 12.0. The molecule has 0 aliphatic carbocycles. The molecular formula is C24H37N5O3S. The first-order valence-electron chi connectivity index (χ1n) is 11.5. The summed E-state index contributed by atoms with van der Waals surface area (Å²) >= 11 is 0. The van der Waals surface area contributed by atoms with Gasteiger partial charge in [0.15, 0.2) is 0 Å². The third-order valence-electron chi connectivity index (χ3n) is 6.00. The van der Waals surface area contributed by atoms with Crippen molar-refractivity contribution in [3.05, 3.63) is 54.1 Å². The largest absolute Gasteiger partial charge is 0.354 e. The van der Waals surface area contributed by atoms with E-state index in [0.717, 1.165) is 25.2 Å². The van der Waals surface area contributed by atoms with Gasteiger partial charge in [-0.25, -0.2) is 13.4 Å². The summed E-state index contributed by atoms with van der Waals surface area (Å²) in [6.45, 7) is 9.96. The van der Waals surface area contributed by atoms with Crippen LogP contribution in [0.3, 0.4) is 0 Å². The van der Waals surface area contributed by atoms with Gasteiger partial charge in [0, 0.05) is 51.0 Å². The lowest BCUT2D eigenvalue weighted by atomic mass is 9.92. The minimum atomic E-state index is -3.46. The molecule has 1 aromatic heterocycles. The monoisotopic (exact) mass is 475 g/mol. The van der Waals surface area contributed by atoms with E-state index in [-0.39, 0.29) is 11.3 Å². The van der Waals surface area contributed by atoms with Crippen LogP contribution < -0.4 is 5.32 Å². The van der Waals surface area contributed by atoms with Crippen molar-refractivity contribution in [1.29, 1.82) is 0 Å². The molecule has 1 unspecified atom stereocenters. The van der Waals surface area contributed by atoms with E-state index in [1.54, 1.807) is 6.33 Å². The Kier molecular flexibility index (Phi) is 8.31. The number of piperazine rings is 1. The summed E-state index contributed by atoms with van der Waals surface area (Å²) in [6.07, 6.45) is 6.40. The number of benzene rings is 1. The van der Waals surface area contributed by atoms with E-state index in [1.807, 2.05) is 24.4 Å². The minimum absolute atomic E-state index is 0.189. The van der Waals surface area contributed by atoms with Gasteiger partial charge in [0.05, 0.1) is 12.6 Å². The molecule has 9 heteroatoms. The first-order valence-corrected chi connectivity index (χ1v) is 13.4. The summed E-state index contributed by atoms with van der Waals surface area (Å²) in [4.78, 5) is 19.5. The number of hydrogen-bond acceptors (Lipinski definition) is 5. The molecule has 8 nitrogen and oxygen atoms in total. The normalized spacial score (nSPS) is 18.4. The number of sulfonamides is 1. The standard InChI is InChI=1S/C24H37N5O3S/c1-24(2,3)11-13-27-14-15-29(33(4,31)32)22(18-27)23(30)26-12-10-21-16-25-19-28(21)17-20-8-6-5-7-9-20/h5-9,16,19,22H,10-15,17-18H2,1-4H3,(H,26,30). The van der Waals surface area contributed by atoms with E-state index in [4.69, 9.17) is 0 Å². The highest BCUT2D eigenvalue weighted by Gasteiger charge is 2.37. The van der Waals surface area contributed by atoms with Crippen LogP contribution in [-0.4, -0.2) is 78.1 Å².